The van der Waals surface area contributed by atoms with Crippen LogP contribution in [0.4, 0.5) is 0 Å². The van der Waals surface area contributed by atoms with Crippen molar-refractivity contribution < 1.29 is 0 Å². The summed E-state index contributed by atoms with van der Waals surface area (Å²) in [5.41, 5.74) is 1.44. The second-order valence-electron chi connectivity index (χ2n) is 4.89. The van der Waals surface area contributed by atoms with Gasteiger partial charge in [-0.2, -0.15) is 0 Å². The van der Waals surface area contributed by atoms with E-state index in [9.17, 15) is 0 Å². The minimum absolute atomic E-state index is 0. The van der Waals surface area contributed by atoms with E-state index in [0.717, 1.165) is 0 Å². The minimum Gasteiger partial charge on any atom is -0.0776 e. The standard InChI is InChI=1S/C17H16.CH4/c1-12(2)17-11-13-7-3-4-8-14(13)15-9-5-6-10-16(15)17;/h3-12H,1-2H3;1H4. The summed E-state index contributed by atoms with van der Waals surface area (Å²) in [4.78, 5) is 0. The van der Waals surface area contributed by atoms with Gasteiger partial charge in [-0.25, -0.2) is 0 Å². The van der Waals surface area contributed by atoms with Crippen molar-refractivity contribution in [2.75, 3.05) is 0 Å². The lowest BCUT2D eigenvalue weighted by molar-refractivity contribution is 0.878. The Morgan fingerprint density at radius 3 is 1.94 bits per heavy atom. The van der Waals surface area contributed by atoms with Crippen molar-refractivity contribution in [3.05, 3.63) is 60.2 Å². The SMILES string of the molecule is C.CC(C)c1cc2ccccc2c2ccccc12. The first-order valence-electron chi connectivity index (χ1n) is 6.18. The molecule has 0 heterocycles. The van der Waals surface area contributed by atoms with Crippen molar-refractivity contribution in [2.24, 2.45) is 0 Å². The zero-order chi connectivity index (χ0) is 11.8. The summed E-state index contributed by atoms with van der Waals surface area (Å²) < 4.78 is 0. The summed E-state index contributed by atoms with van der Waals surface area (Å²) in [5.74, 6) is 0.560. The summed E-state index contributed by atoms with van der Waals surface area (Å²) in [7, 11) is 0. The molecular formula is C18H20. The van der Waals surface area contributed by atoms with E-state index < -0.39 is 0 Å². The van der Waals surface area contributed by atoms with Gasteiger partial charge in [0, 0.05) is 0 Å². The molecule has 3 aromatic carbocycles. The van der Waals surface area contributed by atoms with E-state index in [2.05, 4.69) is 68.4 Å². The summed E-state index contributed by atoms with van der Waals surface area (Å²) in [5, 5.41) is 5.46. The molecule has 0 aliphatic carbocycles. The summed E-state index contributed by atoms with van der Waals surface area (Å²) in [6.07, 6.45) is 0. The van der Waals surface area contributed by atoms with Crippen molar-refractivity contribution in [1.29, 1.82) is 0 Å². The van der Waals surface area contributed by atoms with Crippen LogP contribution in [0.15, 0.2) is 54.6 Å². The molecule has 0 aliphatic heterocycles. The van der Waals surface area contributed by atoms with Crippen LogP contribution >= 0.6 is 0 Å². The molecule has 0 unspecified atom stereocenters. The Morgan fingerprint density at radius 1 is 0.722 bits per heavy atom. The van der Waals surface area contributed by atoms with Gasteiger partial charge in [0.15, 0.2) is 0 Å². The molecule has 0 saturated heterocycles. The van der Waals surface area contributed by atoms with Crippen molar-refractivity contribution in [3.8, 4) is 0 Å². The van der Waals surface area contributed by atoms with Crippen LogP contribution in [-0.2, 0) is 0 Å². The molecule has 0 N–H and O–H groups in total. The van der Waals surface area contributed by atoms with Gasteiger partial charge in [0.05, 0.1) is 0 Å². The second-order valence-corrected chi connectivity index (χ2v) is 4.89. The molecule has 0 heteroatoms. The highest BCUT2D eigenvalue weighted by molar-refractivity contribution is 6.09. The normalized spacial score (nSPS) is 10.8. The van der Waals surface area contributed by atoms with Crippen LogP contribution in [0, 0.1) is 0 Å². The number of fused-ring (bicyclic) bond motifs is 3. The molecule has 0 radical (unpaired) electrons. The quantitative estimate of drug-likeness (QED) is 0.472. The Kier molecular flexibility index (Phi) is 3.38. The van der Waals surface area contributed by atoms with Gasteiger partial charge in [-0.1, -0.05) is 75.9 Å². The fourth-order valence-corrected chi connectivity index (χ4v) is 2.56. The number of hydrogen-bond donors (Lipinski definition) is 0. The Hall–Kier alpha value is -1.82. The Morgan fingerprint density at radius 2 is 1.28 bits per heavy atom. The summed E-state index contributed by atoms with van der Waals surface area (Å²) in [6.45, 7) is 4.52. The second kappa shape index (κ2) is 4.81. The summed E-state index contributed by atoms with van der Waals surface area (Å²) >= 11 is 0. The molecular weight excluding hydrogens is 216 g/mol. The lowest BCUT2D eigenvalue weighted by Crippen LogP contribution is -1.90. The number of rotatable bonds is 1. The van der Waals surface area contributed by atoms with Gasteiger partial charge >= 0.3 is 0 Å². The molecule has 0 saturated carbocycles. The molecule has 0 bridgehead atoms. The van der Waals surface area contributed by atoms with Gasteiger partial charge in [0.2, 0.25) is 0 Å². The monoisotopic (exact) mass is 236 g/mol. The number of benzene rings is 3. The first-order valence-corrected chi connectivity index (χ1v) is 6.18. The molecule has 3 aromatic rings. The third-order valence-electron chi connectivity index (χ3n) is 3.42. The molecule has 0 atom stereocenters. The fraction of sp³-hybridized carbons (Fsp3) is 0.222. The molecule has 92 valence electrons. The predicted molar refractivity (Wildman–Crippen MR) is 82.3 cm³/mol. The van der Waals surface area contributed by atoms with Gasteiger partial charge in [-0.15, -0.1) is 0 Å². The molecule has 0 aromatic heterocycles. The van der Waals surface area contributed by atoms with Crippen LogP contribution in [0.1, 0.15) is 32.8 Å². The zero-order valence-corrected chi connectivity index (χ0v) is 10.3. The van der Waals surface area contributed by atoms with Crippen molar-refractivity contribution in [2.45, 2.75) is 27.2 Å². The van der Waals surface area contributed by atoms with Gasteiger partial charge in [0.1, 0.15) is 0 Å². The van der Waals surface area contributed by atoms with Gasteiger partial charge < -0.3 is 0 Å². The Bertz CT molecular complexity index is 678. The van der Waals surface area contributed by atoms with Crippen LogP contribution < -0.4 is 0 Å². The predicted octanol–water partition coefficient (Wildman–Crippen LogP) is 5.75. The maximum absolute atomic E-state index is 2.34. The van der Waals surface area contributed by atoms with Crippen LogP contribution in [0.2, 0.25) is 0 Å². The molecule has 0 nitrogen and oxygen atoms in total. The van der Waals surface area contributed by atoms with Crippen LogP contribution in [0.5, 0.6) is 0 Å². The van der Waals surface area contributed by atoms with E-state index in [1.165, 1.54) is 27.1 Å². The smallest absolute Gasteiger partial charge is 0.0103 e. The maximum Gasteiger partial charge on any atom is -0.0103 e. The van der Waals surface area contributed by atoms with E-state index in [4.69, 9.17) is 0 Å². The first-order chi connectivity index (χ1) is 8.27. The third-order valence-corrected chi connectivity index (χ3v) is 3.42. The van der Waals surface area contributed by atoms with Gasteiger partial charge in [-0.05, 0) is 33.0 Å². The largest absolute Gasteiger partial charge is 0.0776 e. The van der Waals surface area contributed by atoms with Crippen molar-refractivity contribution >= 4 is 21.5 Å². The van der Waals surface area contributed by atoms with Crippen molar-refractivity contribution in [1.82, 2.24) is 0 Å². The lowest BCUT2D eigenvalue weighted by Gasteiger charge is -2.13. The van der Waals surface area contributed by atoms with E-state index in [-0.39, 0.29) is 7.43 Å². The Balaban J connectivity index is 0.00000120. The number of hydrogen-bond acceptors (Lipinski definition) is 0. The van der Waals surface area contributed by atoms with Crippen LogP contribution in [0.25, 0.3) is 21.5 Å². The Labute approximate surface area is 109 Å². The first kappa shape index (κ1) is 12.6. The van der Waals surface area contributed by atoms with Gasteiger partial charge in [-0.3, -0.25) is 0 Å². The van der Waals surface area contributed by atoms with E-state index >= 15 is 0 Å². The molecule has 0 spiro atoms. The summed E-state index contributed by atoms with van der Waals surface area (Å²) in [6, 6.07) is 19.7. The highest BCUT2D eigenvalue weighted by Crippen LogP contribution is 2.32. The fourth-order valence-electron chi connectivity index (χ4n) is 2.56. The van der Waals surface area contributed by atoms with Crippen molar-refractivity contribution in [3.63, 3.8) is 0 Å². The lowest BCUT2D eigenvalue weighted by atomic mass is 9.92. The minimum atomic E-state index is 0. The third kappa shape index (κ3) is 1.88. The highest BCUT2D eigenvalue weighted by Gasteiger charge is 2.08. The molecule has 0 fully saturated rings. The topological polar surface area (TPSA) is 0 Å². The van der Waals surface area contributed by atoms with Crippen LogP contribution in [0.3, 0.4) is 0 Å². The maximum atomic E-state index is 2.34. The zero-order valence-electron chi connectivity index (χ0n) is 10.3. The molecule has 3 rings (SSSR count). The van der Waals surface area contributed by atoms with E-state index in [1.807, 2.05) is 0 Å². The molecule has 0 amide bonds. The molecule has 18 heavy (non-hydrogen) atoms. The average molecular weight is 236 g/mol. The van der Waals surface area contributed by atoms with Gasteiger partial charge in [0.25, 0.3) is 0 Å². The average Bonchev–Trinajstić information content (AvgIpc) is 2.37. The molecule has 0 aliphatic rings. The van der Waals surface area contributed by atoms with Crippen LogP contribution in [-0.4, -0.2) is 0 Å². The van der Waals surface area contributed by atoms with E-state index in [0.29, 0.717) is 5.92 Å². The van der Waals surface area contributed by atoms with E-state index in [1.54, 1.807) is 0 Å². The highest BCUT2D eigenvalue weighted by atomic mass is 14.1.